The average Bonchev–Trinajstić information content (AvgIpc) is 3.65. The van der Waals surface area contributed by atoms with Gasteiger partial charge in [0, 0.05) is 67.9 Å². The maximum Gasteiger partial charge on any atom is 0.411 e. The van der Waals surface area contributed by atoms with E-state index in [2.05, 4.69) is 4.90 Å². The molecule has 12 heteroatoms. The van der Waals surface area contributed by atoms with Crippen molar-refractivity contribution in [3.63, 3.8) is 0 Å². The molecule has 2 unspecified atom stereocenters. The van der Waals surface area contributed by atoms with E-state index in [1.165, 1.54) is 4.90 Å². The molecule has 10 nitrogen and oxygen atoms in total. The van der Waals surface area contributed by atoms with Crippen LogP contribution in [0, 0.1) is 11.6 Å². The Morgan fingerprint density at radius 2 is 1.50 bits per heavy atom. The number of benzene rings is 1. The fourth-order valence-electron chi connectivity index (χ4n) is 6.94. The van der Waals surface area contributed by atoms with E-state index in [0.717, 1.165) is 44.8 Å². The molecular formula is C32H46F2N4O6. The quantitative estimate of drug-likeness (QED) is 0.503. The van der Waals surface area contributed by atoms with Crippen molar-refractivity contribution in [2.45, 2.75) is 115 Å². The normalized spacial score (nSPS) is 26.0. The summed E-state index contributed by atoms with van der Waals surface area (Å²) in [7, 11) is 0. The zero-order chi connectivity index (χ0) is 32.1. The fraction of sp³-hybridized carbons (Fsp3) is 0.719. The zero-order valence-corrected chi connectivity index (χ0v) is 26.6. The molecule has 4 aliphatic rings. The number of piperidine rings is 1. The summed E-state index contributed by atoms with van der Waals surface area (Å²) in [5.74, 6) is -3.25. The number of ether oxygens (including phenoxy) is 2. The zero-order valence-electron chi connectivity index (χ0n) is 26.6. The number of rotatable bonds is 5. The van der Waals surface area contributed by atoms with Gasteiger partial charge < -0.3 is 19.5 Å². The summed E-state index contributed by atoms with van der Waals surface area (Å²) in [5.41, 5.74) is -1.26. The highest BCUT2D eigenvalue weighted by molar-refractivity contribution is 5.83. The number of phenolic OH excluding ortho intramolecular Hbond substituents is 1. The van der Waals surface area contributed by atoms with Gasteiger partial charge in [-0.05, 0) is 79.7 Å². The minimum atomic E-state index is -1.06. The maximum atomic E-state index is 14.0. The lowest BCUT2D eigenvalue weighted by molar-refractivity contribution is -0.134. The van der Waals surface area contributed by atoms with Crippen molar-refractivity contribution in [2.24, 2.45) is 0 Å². The Kier molecular flexibility index (Phi) is 8.78. The number of fused-ring (bicyclic) bond motifs is 2. The van der Waals surface area contributed by atoms with Crippen molar-refractivity contribution in [1.82, 2.24) is 19.6 Å². The molecule has 3 aliphatic heterocycles. The number of likely N-dealkylation sites (tertiary alicyclic amines) is 2. The van der Waals surface area contributed by atoms with Gasteiger partial charge in [-0.3, -0.25) is 19.5 Å². The van der Waals surface area contributed by atoms with E-state index in [9.17, 15) is 28.3 Å². The number of carbonyl (C=O) groups is 3. The van der Waals surface area contributed by atoms with Crippen LogP contribution in [-0.2, 0) is 14.3 Å². The van der Waals surface area contributed by atoms with E-state index in [1.807, 2.05) is 25.7 Å². The SMILES string of the molecule is CC(C)(C)OC(=O)N1C2CCC1CN(C1CCN(C(=O)CN(C(=O)OC(C)(C)C)[C@@H]3C[C@H]3c3cc(F)cc(F)c3O)CC1)C2. The molecule has 3 amide bonds. The first-order valence-electron chi connectivity index (χ1n) is 15.7. The minimum Gasteiger partial charge on any atom is -0.505 e. The van der Waals surface area contributed by atoms with Crippen LogP contribution in [0.25, 0.3) is 0 Å². The number of carbonyl (C=O) groups excluding carboxylic acids is 3. The smallest absolute Gasteiger partial charge is 0.411 e. The Morgan fingerprint density at radius 1 is 0.909 bits per heavy atom. The van der Waals surface area contributed by atoms with Crippen molar-refractivity contribution in [2.75, 3.05) is 32.7 Å². The third-order valence-corrected chi connectivity index (χ3v) is 9.00. The molecule has 3 saturated heterocycles. The summed E-state index contributed by atoms with van der Waals surface area (Å²) in [5, 5.41) is 10.2. The molecule has 5 rings (SSSR count). The molecule has 44 heavy (non-hydrogen) atoms. The molecule has 0 aromatic heterocycles. The number of amides is 3. The second kappa shape index (κ2) is 12.0. The second-order valence-electron chi connectivity index (χ2n) is 14.7. The predicted molar refractivity (Wildman–Crippen MR) is 158 cm³/mol. The number of hydrogen-bond acceptors (Lipinski definition) is 7. The van der Waals surface area contributed by atoms with Crippen molar-refractivity contribution in [1.29, 1.82) is 0 Å². The Hall–Kier alpha value is -3.15. The number of phenols is 1. The number of aromatic hydroxyl groups is 1. The summed E-state index contributed by atoms with van der Waals surface area (Å²) >= 11 is 0. The molecule has 1 N–H and O–H groups in total. The summed E-state index contributed by atoms with van der Waals surface area (Å²) < 4.78 is 39.2. The van der Waals surface area contributed by atoms with E-state index in [-0.39, 0.29) is 36.2 Å². The predicted octanol–water partition coefficient (Wildman–Crippen LogP) is 4.84. The Bertz CT molecular complexity index is 1260. The minimum absolute atomic E-state index is 0.0788. The van der Waals surface area contributed by atoms with Gasteiger partial charge in [0.05, 0.1) is 0 Å². The molecule has 0 spiro atoms. The van der Waals surface area contributed by atoms with Gasteiger partial charge in [-0.1, -0.05) is 0 Å². The van der Waals surface area contributed by atoms with Gasteiger partial charge in [0.2, 0.25) is 5.91 Å². The first-order chi connectivity index (χ1) is 20.5. The second-order valence-corrected chi connectivity index (χ2v) is 14.7. The summed E-state index contributed by atoms with van der Waals surface area (Å²) in [6.45, 7) is 13.3. The van der Waals surface area contributed by atoms with Gasteiger partial charge in [0.1, 0.15) is 23.6 Å². The van der Waals surface area contributed by atoms with Crippen LogP contribution in [0.4, 0.5) is 18.4 Å². The van der Waals surface area contributed by atoms with Gasteiger partial charge in [0.15, 0.2) is 11.6 Å². The Labute approximate surface area is 258 Å². The molecule has 3 heterocycles. The summed E-state index contributed by atoms with van der Waals surface area (Å²) in [6, 6.07) is 1.70. The molecule has 4 fully saturated rings. The van der Waals surface area contributed by atoms with E-state index in [1.54, 1.807) is 25.7 Å². The van der Waals surface area contributed by atoms with Crippen LogP contribution in [0.1, 0.15) is 85.1 Å². The van der Waals surface area contributed by atoms with Gasteiger partial charge in [-0.15, -0.1) is 0 Å². The van der Waals surface area contributed by atoms with Gasteiger partial charge in [-0.2, -0.15) is 0 Å². The summed E-state index contributed by atoms with van der Waals surface area (Å²) in [4.78, 5) is 47.0. The van der Waals surface area contributed by atoms with Crippen molar-refractivity contribution >= 4 is 18.1 Å². The molecule has 1 aromatic carbocycles. The lowest BCUT2D eigenvalue weighted by Crippen LogP contribution is -2.60. The highest BCUT2D eigenvalue weighted by atomic mass is 19.1. The molecule has 0 radical (unpaired) electrons. The number of piperazine rings is 1. The molecule has 2 bridgehead atoms. The van der Waals surface area contributed by atoms with Crippen molar-refractivity contribution < 1.29 is 37.7 Å². The highest BCUT2D eigenvalue weighted by Crippen LogP contribution is 2.49. The van der Waals surface area contributed by atoms with Crippen molar-refractivity contribution in [3.05, 3.63) is 29.3 Å². The van der Waals surface area contributed by atoms with E-state index in [4.69, 9.17) is 9.47 Å². The van der Waals surface area contributed by atoms with Crippen LogP contribution in [-0.4, -0.2) is 111 Å². The molecule has 4 atom stereocenters. The van der Waals surface area contributed by atoms with E-state index in [0.29, 0.717) is 31.6 Å². The van der Waals surface area contributed by atoms with Gasteiger partial charge in [0.25, 0.3) is 0 Å². The highest BCUT2D eigenvalue weighted by Gasteiger charge is 2.49. The van der Waals surface area contributed by atoms with Crippen LogP contribution in [0.2, 0.25) is 0 Å². The van der Waals surface area contributed by atoms with Crippen LogP contribution >= 0.6 is 0 Å². The average molecular weight is 621 g/mol. The summed E-state index contributed by atoms with van der Waals surface area (Å²) in [6.07, 6.45) is 2.92. The number of hydrogen-bond donors (Lipinski definition) is 1. The lowest BCUT2D eigenvalue weighted by atomic mass is 10.0. The fourth-order valence-corrected chi connectivity index (χ4v) is 6.94. The van der Waals surface area contributed by atoms with Crippen LogP contribution in [0.3, 0.4) is 0 Å². The first-order valence-corrected chi connectivity index (χ1v) is 15.7. The number of halogens is 2. The molecule has 1 aromatic rings. The lowest BCUT2D eigenvalue weighted by Gasteiger charge is -2.46. The molecular weight excluding hydrogens is 574 g/mol. The van der Waals surface area contributed by atoms with Crippen LogP contribution in [0.15, 0.2) is 12.1 Å². The standard InChI is InChI=1S/C32H46F2N4O6/c1-31(2,3)43-29(41)37(26-15-23(26)24-13-19(33)14-25(34)28(24)40)18-27(39)35-11-9-20(10-12-35)36-16-21-7-8-22(17-36)38(21)30(42)44-32(4,5)6/h13-14,20-23,26,40H,7-12,15-18H2,1-6H3/t21?,22?,23-,26+/m0/s1. The van der Waals surface area contributed by atoms with Crippen molar-refractivity contribution in [3.8, 4) is 5.75 Å². The topological polar surface area (TPSA) is 103 Å². The Morgan fingerprint density at radius 3 is 2.07 bits per heavy atom. The molecule has 244 valence electrons. The van der Waals surface area contributed by atoms with Gasteiger partial charge >= 0.3 is 12.2 Å². The molecule has 1 aliphatic carbocycles. The monoisotopic (exact) mass is 620 g/mol. The first kappa shape index (κ1) is 32.2. The van der Waals surface area contributed by atoms with Crippen LogP contribution < -0.4 is 0 Å². The maximum absolute atomic E-state index is 14.0. The third-order valence-electron chi connectivity index (χ3n) is 9.00. The third kappa shape index (κ3) is 7.21. The van der Waals surface area contributed by atoms with Crippen LogP contribution in [0.5, 0.6) is 5.75 Å². The largest absolute Gasteiger partial charge is 0.505 e. The van der Waals surface area contributed by atoms with E-state index >= 15 is 0 Å². The number of nitrogens with zero attached hydrogens (tertiary/aromatic N) is 4. The van der Waals surface area contributed by atoms with Gasteiger partial charge in [-0.25, -0.2) is 18.4 Å². The molecule has 1 saturated carbocycles. The Balaban J connectivity index is 1.19. The van der Waals surface area contributed by atoms with E-state index < -0.39 is 46.6 Å².